The van der Waals surface area contributed by atoms with Gasteiger partial charge in [0.2, 0.25) is 0 Å². The highest BCUT2D eigenvalue weighted by molar-refractivity contribution is 5.30. The van der Waals surface area contributed by atoms with Crippen LogP contribution in [-0.2, 0) is 0 Å². The van der Waals surface area contributed by atoms with Gasteiger partial charge < -0.3 is 5.32 Å². The zero-order chi connectivity index (χ0) is 9.98. The lowest BCUT2D eigenvalue weighted by atomic mass is 10.1. The molecule has 12 heavy (non-hydrogen) atoms. The SMILES string of the molecule is C=C/C(C)=C(\C=C)CNC.CC. The maximum absolute atomic E-state index is 3.70. The summed E-state index contributed by atoms with van der Waals surface area (Å²) >= 11 is 0. The Bertz CT molecular complexity index is 154. The minimum Gasteiger partial charge on any atom is -0.316 e. The standard InChI is InChI=1S/C9H15N.C2H6/c1-5-8(3)9(6-2)7-10-4;1-2/h5-6,10H,1-2,7H2,3-4H3;1-2H3/b9-8+;. The number of hydrogen-bond donors (Lipinski definition) is 1. The maximum atomic E-state index is 3.70. The predicted molar refractivity (Wildman–Crippen MR) is 58.4 cm³/mol. The van der Waals surface area contributed by atoms with Crippen molar-refractivity contribution in [1.82, 2.24) is 5.32 Å². The van der Waals surface area contributed by atoms with Gasteiger partial charge in [0.05, 0.1) is 0 Å². The van der Waals surface area contributed by atoms with Crippen LogP contribution in [0.1, 0.15) is 20.8 Å². The van der Waals surface area contributed by atoms with Crippen molar-refractivity contribution in [3.8, 4) is 0 Å². The highest BCUT2D eigenvalue weighted by atomic mass is 14.8. The molecule has 1 N–H and O–H groups in total. The lowest BCUT2D eigenvalue weighted by Gasteiger charge is -2.02. The van der Waals surface area contributed by atoms with Crippen LogP contribution < -0.4 is 5.32 Å². The molecule has 0 saturated carbocycles. The van der Waals surface area contributed by atoms with Crippen LogP contribution >= 0.6 is 0 Å². The van der Waals surface area contributed by atoms with E-state index in [1.165, 1.54) is 11.1 Å². The third kappa shape index (κ3) is 5.93. The molecule has 0 aromatic heterocycles. The Balaban J connectivity index is 0. The molecule has 0 aromatic carbocycles. The molecule has 0 amide bonds. The number of nitrogens with one attached hydrogen (secondary N) is 1. The van der Waals surface area contributed by atoms with E-state index in [1.54, 1.807) is 0 Å². The fourth-order valence-electron chi connectivity index (χ4n) is 0.694. The van der Waals surface area contributed by atoms with Crippen molar-refractivity contribution in [3.05, 3.63) is 36.5 Å². The molecule has 0 aliphatic heterocycles. The van der Waals surface area contributed by atoms with E-state index in [1.807, 2.05) is 40.0 Å². The summed E-state index contributed by atoms with van der Waals surface area (Å²) in [6.07, 6.45) is 3.70. The first-order chi connectivity index (χ1) is 5.76. The van der Waals surface area contributed by atoms with Gasteiger partial charge in [-0.15, -0.1) is 0 Å². The molecular formula is C11H21N. The van der Waals surface area contributed by atoms with Gasteiger partial charge in [0.15, 0.2) is 0 Å². The first-order valence-electron chi connectivity index (χ1n) is 4.35. The molecule has 1 nitrogen and oxygen atoms in total. The molecule has 0 atom stereocenters. The van der Waals surface area contributed by atoms with Gasteiger partial charge in [0.25, 0.3) is 0 Å². The third-order valence-electron chi connectivity index (χ3n) is 1.43. The van der Waals surface area contributed by atoms with E-state index in [0.717, 1.165) is 6.54 Å². The zero-order valence-corrected chi connectivity index (χ0v) is 8.78. The molecule has 0 rings (SSSR count). The number of hydrogen-bond acceptors (Lipinski definition) is 1. The summed E-state index contributed by atoms with van der Waals surface area (Å²) in [4.78, 5) is 0. The Labute approximate surface area is 76.9 Å². The Kier molecular flexibility index (Phi) is 11.7. The van der Waals surface area contributed by atoms with Gasteiger partial charge in [-0.25, -0.2) is 0 Å². The summed E-state index contributed by atoms with van der Waals surface area (Å²) < 4.78 is 0. The van der Waals surface area contributed by atoms with E-state index >= 15 is 0 Å². The summed E-state index contributed by atoms with van der Waals surface area (Å²) in [7, 11) is 1.92. The molecule has 0 bridgehead atoms. The van der Waals surface area contributed by atoms with E-state index in [-0.39, 0.29) is 0 Å². The van der Waals surface area contributed by atoms with Crippen LogP contribution in [0.15, 0.2) is 36.5 Å². The fraction of sp³-hybridized carbons (Fsp3) is 0.455. The van der Waals surface area contributed by atoms with Gasteiger partial charge in [-0.2, -0.15) is 0 Å². The second kappa shape index (κ2) is 10.2. The minimum absolute atomic E-state index is 0.862. The van der Waals surface area contributed by atoms with Gasteiger partial charge in [0.1, 0.15) is 0 Å². The lowest BCUT2D eigenvalue weighted by molar-refractivity contribution is 0.890. The summed E-state index contributed by atoms with van der Waals surface area (Å²) in [5.74, 6) is 0. The Hall–Kier alpha value is -0.820. The average molecular weight is 167 g/mol. The molecule has 0 heterocycles. The molecule has 0 aliphatic carbocycles. The van der Waals surface area contributed by atoms with Gasteiger partial charge in [-0.3, -0.25) is 0 Å². The average Bonchev–Trinajstić information content (AvgIpc) is 2.16. The van der Waals surface area contributed by atoms with Crippen molar-refractivity contribution in [2.75, 3.05) is 13.6 Å². The van der Waals surface area contributed by atoms with Gasteiger partial charge in [-0.05, 0) is 25.1 Å². The first kappa shape index (κ1) is 13.7. The van der Waals surface area contributed by atoms with Gasteiger partial charge in [0, 0.05) is 6.54 Å². The third-order valence-corrected chi connectivity index (χ3v) is 1.43. The molecular weight excluding hydrogens is 146 g/mol. The highest BCUT2D eigenvalue weighted by Crippen LogP contribution is 2.03. The van der Waals surface area contributed by atoms with Crippen LogP contribution in [0.25, 0.3) is 0 Å². The molecule has 0 saturated heterocycles. The molecule has 0 radical (unpaired) electrons. The van der Waals surface area contributed by atoms with Crippen molar-refractivity contribution in [2.24, 2.45) is 0 Å². The second-order valence-corrected chi connectivity index (χ2v) is 2.15. The van der Waals surface area contributed by atoms with Crippen LogP contribution in [0.3, 0.4) is 0 Å². The topological polar surface area (TPSA) is 12.0 Å². The monoisotopic (exact) mass is 167 g/mol. The summed E-state index contributed by atoms with van der Waals surface area (Å²) in [6.45, 7) is 14.3. The van der Waals surface area contributed by atoms with Crippen molar-refractivity contribution in [3.63, 3.8) is 0 Å². The van der Waals surface area contributed by atoms with Crippen LogP contribution in [0.2, 0.25) is 0 Å². The second-order valence-electron chi connectivity index (χ2n) is 2.15. The van der Waals surface area contributed by atoms with Crippen molar-refractivity contribution >= 4 is 0 Å². The smallest absolute Gasteiger partial charge is 0.0204 e. The molecule has 1 heteroatoms. The summed E-state index contributed by atoms with van der Waals surface area (Å²) in [6, 6.07) is 0. The fourth-order valence-corrected chi connectivity index (χ4v) is 0.694. The Morgan fingerprint density at radius 2 is 1.75 bits per heavy atom. The van der Waals surface area contributed by atoms with E-state index in [4.69, 9.17) is 0 Å². The minimum atomic E-state index is 0.862. The molecule has 70 valence electrons. The summed E-state index contributed by atoms with van der Waals surface area (Å²) in [5, 5.41) is 3.06. The Morgan fingerprint density at radius 1 is 1.25 bits per heavy atom. The van der Waals surface area contributed by atoms with E-state index < -0.39 is 0 Å². The van der Waals surface area contributed by atoms with Crippen molar-refractivity contribution < 1.29 is 0 Å². The van der Waals surface area contributed by atoms with Crippen LogP contribution in [0, 0.1) is 0 Å². The highest BCUT2D eigenvalue weighted by Gasteiger charge is 1.91. The first-order valence-corrected chi connectivity index (χ1v) is 4.35. The van der Waals surface area contributed by atoms with Crippen molar-refractivity contribution in [2.45, 2.75) is 20.8 Å². The zero-order valence-electron chi connectivity index (χ0n) is 8.78. The molecule has 0 unspecified atom stereocenters. The van der Waals surface area contributed by atoms with Gasteiger partial charge in [-0.1, -0.05) is 39.2 Å². The molecule has 0 aliphatic rings. The Morgan fingerprint density at radius 3 is 2.00 bits per heavy atom. The van der Waals surface area contributed by atoms with Crippen molar-refractivity contribution in [1.29, 1.82) is 0 Å². The normalized spacial score (nSPS) is 10.7. The van der Waals surface area contributed by atoms with Crippen LogP contribution in [-0.4, -0.2) is 13.6 Å². The van der Waals surface area contributed by atoms with E-state index in [0.29, 0.717) is 0 Å². The molecule has 0 fully saturated rings. The van der Waals surface area contributed by atoms with E-state index in [9.17, 15) is 0 Å². The van der Waals surface area contributed by atoms with Gasteiger partial charge >= 0.3 is 0 Å². The molecule has 0 spiro atoms. The quantitative estimate of drug-likeness (QED) is 0.635. The van der Waals surface area contributed by atoms with Crippen LogP contribution in [0.5, 0.6) is 0 Å². The molecule has 0 aromatic rings. The lowest BCUT2D eigenvalue weighted by Crippen LogP contribution is -2.09. The number of allylic oxidation sites excluding steroid dienone is 2. The number of rotatable bonds is 4. The maximum Gasteiger partial charge on any atom is 0.0204 e. The predicted octanol–water partition coefficient (Wildman–Crippen LogP) is 2.92. The van der Waals surface area contributed by atoms with E-state index in [2.05, 4.69) is 18.5 Å². The summed E-state index contributed by atoms with van der Waals surface area (Å²) in [5.41, 5.74) is 2.39. The van der Waals surface area contributed by atoms with Crippen LogP contribution in [0.4, 0.5) is 0 Å². The number of likely N-dealkylation sites (N-methyl/N-ethyl adjacent to an activating group) is 1. The largest absolute Gasteiger partial charge is 0.316 e.